The molecule has 0 fully saturated rings. The standard InChI is InChI=1S/C24H20N4O/c1-2-9-20(10-3-1)28(21-11-6-8-19(18-21)24-25-14-17-29-24)23-13-7-12-22(26-23)27-15-4-5-16-27/h1-13,15-16,18H,14,17H2. The highest BCUT2D eigenvalue weighted by Gasteiger charge is 2.17. The second kappa shape index (κ2) is 7.64. The number of aromatic nitrogens is 2. The van der Waals surface area contributed by atoms with E-state index in [1.807, 2.05) is 77.6 Å². The molecule has 0 radical (unpaired) electrons. The average Bonchev–Trinajstić information content (AvgIpc) is 3.50. The fourth-order valence-electron chi connectivity index (χ4n) is 3.45. The normalized spacial score (nSPS) is 13.0. The number of rotatable bonds is 5. The summed E-state index contributed by atoms with van der Waals surface area (Å²) in [6.07, 6.45) is 3.99. The Hall–Kier alpha value is -3.86. The van der Waals surface area contributed by atoms with E-state index in [1.54, 1.807) is 0 Å². The minimum absolute atomic E-state index is 0.641. The highest BCUT2D eigenvalue weighted by molar-refractivity contribution is 5.96. The van der Waals surface area contributed by atoms with Gasteiger partial charge < -0.3 is 9.30 Å². The molecule has 0 saturated heterocycles. The highest BCUT2D eigenvalue weighted by atomic mass is 16.5. The Morgan fingerprint density at radius 1 is 0.793 bits per heavy atom. The maximum absolute atomic E-state index is 5.67. The van der Waals surface area contributed by atoms with Crippen LogP contribution in [0, 0.1) is 0 Å². The zero-order chi connectivity index (χ0) is 19.5. The molecule has 142 valence electrons. The monoisotopic (exact) mass is 380 g/mol. The van der Waals surface area contributed by atoms with Crippen molar-refractivity contribution in [1.29, 1.82) is 0 Å². The third-order valence-electron chi connectivity index (χ3n) is 4.77. The van der Waals surface area contributed by atoms with Gasteiger partial charge in [0.2, 0.25) is 5.90 Å². The zero-order valence-electron chi connectivity index (χ0n) is 15.8. The van der Waals surface area contributed by atoms with Crippen molar-refractivity contribution in [1.82, 2.24) is 9.55 Å². The van der Waals surface area contributed by atoms with Gasteiger partial charge >= 0.3 is 0 Å². The van der Waals surface area contributed by atoms with Crippen LogP contribution in [0.15, 0.2) is 102 Å². The fourth-order valence-corrected chi connectivity index (χ4v) is 3.45. The van der Waals surface area contributed by atoms with E-state index in [4.69, 9.17) is 9.72 Å². The Morgan fingerprint density at radius 2 is 1.59 bits per heavy atom. The molecule has 29 heavy (non-hydrogen) atoms. The van der Waals surface area contributed by atoms with E-state index < -0.39 is 0 Å². The van der Waals surface area contributed by atoms with E-state index in [-0.39, 0.29) is 0 Å². The molecule has 1 aliphatic rings. The lowest BCUT2D eigenvalue weighted by Crippen LogP contribution is -2.13. The summed E-state index contributed by atoms with van der Waals surface area (Å²) in [6, 6.07) is 28.5. The van der Waals surface area contributed by atoms with Crippen molar-refractivity contribution in [2.75, 3.05) is 18.1 Å². The summed E-state index contributed by atoms with van der Waals surface area (Å²) in [5, 5.41) is 0. The summed E-state index contributed by atoms with van der Waals surface area (Å²) in [5.74, 6) is 2.41. The molecule has 2 aromatic carbocycles. The van der Waals surface area contributed by atoms with Crippen LogP contribution < -0.4 is 4.90 Å². The van der Waals surface area contributed by atoms with Crippen LogP contribution in [0.5, 0.6) is 0 Å². The van der Waals surface area contributed by atoms with Gasteiger partial charge in [-0.15, -0.1) is 0 Å². The third-order valence-corrected chi connectivity index (χ3v) is 4.77. The van der Waals surface area contributed by atoms with Crippen molar-refractivity contribution in [3.8, 4) is 5.82 Å². The summed E-state index contributed by atoms with van der Waals surface area (Å²) in [5.41, 5.74) is 3.02. The maximum atomic E-state index is 5.67. The molecule has 0 N–H and O–H groups in total. The van der Waals surface area contributed by atoms with Gasteiger partial charge in [-0.05, 0) is 54.6 Å². The summed E-state index contributed by atoms with van der Waals surface area (Å²) in [6.45, 7) is 1.35. The van der Waals surface area contributed by atoms with Crippen LogP contribution in [-0.4, -0.2) is 28.6 Å². The summed E-state index contributed by atoms with van der Waals surface area (Å²) in [4.78, 5) is 11.5. The van der Waals surface area contributed by atoms with Crippen LogP contribution in [0.1, 0.15) is 5.56 Å². The first-order valence-corrected chi connectivity index (χ1v) is 9.62. The molecule has 0 bridgehead atoms. The van der Waals surface area contributed by atoms with Crippen molar-refractivity contribution in [3.05, 3.63) is 103 Å². The second-order valence-corrected chi connectivity index (χ2v) is 6.70. The molecule has 5 nitrogen and oxygen atoms in total. The molecule has 0 unspecified atom stereocenters. The first kappa shape index (κ1) is 17.3. The molecule has 0 atom stereocenters. The van der Waals surface area contributed by atoms with Gasteiger partial charge in [0.25, 0.3) is 0 Å². The van der Waals surface area contributed by atoms with Crippen molar-refractivity contribution in [2.24, 2.45) is 4.99 Å². The smallest absolute Gasteiger partial charge is 0.216 e. The molecule has 5 rings (SSSR count). The number of hydrogen-bond acceptors (Lipinski definition) is 4. The molecule has 3 heterocycles. The number of aliphatic imine (C=N–C) groups is 1. The maximum Gasteiger partial charge on any atom is 0.216 e. The Morgan fingerprint density at radius 3 is 2.38 bits per heavy atom. The number of benzene rings is 2. The Bertz CT molecular complexity index is 1140. The summed E-state index contributed by atoms with van der Waals surface area (Å²) >= 11 is 0. The van der Waals surface area contributed by atoms with E-state index in [1.165, 1.54) is 0 Å². The lowest BCUT2D eigenvalue weighted by atomic mass is 10.1. The molecule has 0 aliphatic carbocycles. The van der Waals surface area contributed by atoms with E-state index >= 15 is 0 Å². The Labute approximate surface area is 169 Å². The molecule has 5 heteroatoms. The summed E-state index contributed by atoms with van der Waals surface area (Å²) in [7, 11) is 0. The van der Waals surface area contributed by atoms with Gasteiger partial charge in [-0.1, -0.05) is 30.3 Å². The number of hydrogen-bond donors (Lipinski definition) is 0. The number of ether oxygens (including phenoxy) is 1. The molecular weight excluding hydrogens is 360 g/mol. The van der Waals surface area contributed by atoms with Crippen LogP contribution in [0.4, 0.5) is 17.2 Å². The van der Waals surface area contributed by atoms with Crippen molar-refractivity contribution >= 4 is 23.1 Å². The SMILES string of the molecule is c1ccc(N(c2cccc(C3=NCCO3)c2)c2cccc(-n3cccc3)n2)cc1. The second-order valence-electron chi connectivity index (χ2n) is 6.70. The minimum Gasteiger partial charge on any atom is -0.476 e. The quantitative estimate of drug-likeness (QED) is 0.483. The van der Waals surface area contributed by atoms with Gasteiger partial charge in [-0.2, -0.15) is 0 Å². The van der Waals surface area contributed by atoms with Crippen LogP contribution in [0.3, 0.4) is 0 Å². The highest BCUT2D eigenvalue weighted by Crippen LogP contribution is 2.34. The van der Waals surface area contributed by atoms with E-state index in [0.29, 0.717) is 19.0 Å². The third kappa shape index (κ3) is 3.50. The fraction of sp³-hybridized carbons (Fsp3) is 0.0833. The van der Waals surface area contributed by atoms with Gasteiger partial charge in [-0.25, -0.2) is 9.98 Å². The van der Waals surface area contributed by atoms with Crippen molar-refractivity contribution in [3.63, 3.8) is 0 Å². The lowest BCUT2D eigenvalue weighted by Gasteiger charge is -2.25. The number of nitrogens with zero attached hydrogens (tertiary/aromatic N) is 4. The predicted molar refractivity (Wildman–Crippen MR) is 116 cm³/mol. The molecule has 0 amide bonds. The molecule has 0 saturated carbocycles. The number of para-hydroxylation sites is 1. The van der Waals surface area contributed by atoms with Crippen LogP contribution in [0.2, 0.25) is 0 Å². The predicted octanol–water partition coefficient (Wildman–Crippen LogP) is 5.12. The van der Waals surface area contributed by atoms with Crippen molar-refractivity contribution in [2.45, 2.75) is 0 Å². The number of pyridine rings is 1. The molecular formula is C24H20N4O. The Kier molecular flexibility index (Phi) is 4.54. The first-order valence-electron chi connectivity index (χ1n) is 9.62. The zero-order valence-corrected chi connectivity index (χ0v) is 15.8. The van der Waals surface area contributed by atoms with Gasteiger partial charge in [0.1, 0.15) is 18.2 Å². The van der Waals surface area contributed by atoms with Gasteiger partial charge in [0.15, 0.2) is 0 Å². The van der Waals surface area contributed by atoms with E-state index in [0.717, 1.165) is 28.6 Å². The van der Waals surface area contributed by atoms with E-state index in [2.05, 4.69) is 34.2 Å². The molecule has 0 spiro atoms. The molecule has 1 aliphatic heterocycles. The minimum atomic E-state index is 0.641. The first-order chi connectivity index (χ1) is 14.4. The largest absolute Gasteiger partial charge is 0.476 e. The molecule has 4 aromatic rings. The molecule has 2 aromatic heterocycles. The number of anilines is 3. The van der Waals surface area contributed by atoms with E-state index in [9.17, 15) is 0 Å². The van der Waals surface area contributed by atoms with Crippen LogP contribution >= 0.6 is 0 Å². The van der Waals surface area contributed by atoms with Gasteiger partial charge in [0, 0.05) is 29.3 Å². The van der Waals surface area contributed by atoms with Crippen LogP contribution in [0.25, 0.3) is 5.82 Å². The average molecular weight is 380 g/mol. The Balaban J connectivity index is 1.62. The summed E-state index contributed by atoms with van der Waals surface area (Å²) < 4.78 is 7.67. The van der Waals surface area contributed by atoms with Crippen LogP contribution in [-0.2, 0) is 4.74 Å². The lowest BCUT2D eigenvalue weighted by molar-refractivity contribution is 0.348. The van der Waals surface area contributed by atoms with Crippen molar-refractivity contribution < 1.29 is 4.74 Å². The topological polar surface area (TPSA) is 42.6 Å². The van der Waals surface area contributed by atoms with Gasteiger partial charge in [0.05, 0.1) is 6.54 Å². The van der Waals surface area contributed by atoms with Gasteiger partial charge in [-0.3, -0.25) is 4.90 Å².